The number of β-amino-alcohol motifs (C(OH)–C–C–N with tert-alkyl or cyclic N) is 1. The number of likely N-dealkylation sites (tertiary alicyclic amines) is 1. The molecule has 2 aromatic rings. The van der Waals surface area contributed by atoms with Crippen LogP contribution in [0.5, 0.6) is 5.75 Å². The van der Waals surface area contributed by atoms with Gasteiger partial charge in [0.25, 0.3) is 0 Å². The SMILES string of the molecule is C=CCN1CC[C@@]2(c3cccc(OC(C)=O)c3)C[C@@H](N(C)C(=O)/C=C/c3ccoc3)CC[C@]2(O)C1. The maximum atomic E-state index is 13.0. The molecule has 2 aliphatic rings. The Morgan fingerprint density at radius 3 is 2.89 bits per heavy atom. The summed E-state index contributed by atoms with van der Waals surface area (Å²) in [5.41, 5.74) is 0.220. The second kappa shape index (κ2) is 10.2. The molecule has 1 aliphatic carbocycles. The number of nitrogens with zero attached hydrogens (tertiary/aromatic N) is 2. The summed E-state index contributed by atoms with van der Waals surface area (Å²) in [5, 5.41) is 12.1. The van der Waals surface area contributed by atoms with E-state index in [9.17, 15) is 14.7 Å². The first-order valence-electron chi connectivity index (χ1n) is 12.1. The molecule has 7 nitrogen and oxygen atoms in total. The predicted octanol–water partition coefficient (Wildman–Crippen LogP) is 3.79. The summed E-state index contributed by atoms with van der Waals surface area (Å²) < 4.78 is 10.4. The molecule has 0 unspecified atom stereocenters. The lowest BCUT2D eigenvalue weighted by Crippen LogP contribution is -2.67. The molecule has 1 aromatic carbocycles. The molecule has 35 heavy (non-hydrogen) atoms. The van der Waals surface area contributed by atoms with Crippen LogP contribution in [0.25, 0.3) is 6.08 Å². The van der Waals surface area contributed by atoms with Crippen LogP contribution in [0, 0.1) is 0 Å². The molecule has 2 fully saturated rings. The molecule has 1 aromatic heterocycles. The molecular weight excluding hydrogens is 444 g/mol. The fraction of sp³-hybridized carbons (Fsp3) is 0.429. The van der Waals surface area contributed by atoms with E-state index in [1.54, 1.807) is 41.7 Å². The lowest BCUT2D eigenvalue weighted by atomic mass is 9.55. The molecule has 1 aliphatic heterocycles. The second-order valence-corrected chi connectivity index (χ2v) is 9.74. The topological polar surface area (TPSA) is 83.2 Å². The van der Waals surface area contributed by atoms with Crippen LogP contribution >= 0.6 is 0 Å². The molecule has 1 saturated carbocycles. The zero-order valence-electron chi connectivity index (χ0n) is 20.5. The first-order valence-corrected chi connectivity index (χ1v) is 12.1. The van der Waals surface area contributed by atoms with Gasteiger partial charge in [0.1, 0.15) is 5.75 Å². The molecule has 0 spiro atoms. The van der Waals surface area contributed by atoms with E-state index in [4.69, 9.17) is 9.15 Å². The number of benzene rings is 1. The van der Waals surface area contributed by atoms with Crippen LogP contribution < -0.4 is 4.74 Å². The summed E-state index contributed by atoms with van der Waals surface area (Å²) in [7, 11) is 1.83. The molecule has 0 bridgehead atoms. The molecule has 0 radical (unpaired) electrons. The van der Waals surface area contributed by atoms with Gasteiger partial charge in [0, 0.05) is 50.2 Å². The van der Waals surface area contributed by atoms with E-state index in [1.807, 2.05) is 31.3 Å². The van der Waals surface area contributed by atoms with Gasteiger partial charge < -0.3 is 19.2 Å². The third kappa shape index (κ3) is 5.11. The van der Waals surface area contributed by atoms with Gasteiger partial charge in [0.05, 0.1) is 18.1 Å². The standard InChI is InChI=1S/C28H34N2O5/c1-4-14-30-15-13-27(23-6-5-7-25(17-23)35-21(2)31)18-24(10-12-28(27,33)20-30)29(3)26(32)9-8-22-11-16-34-19-22/h4-9,11,16-17,19,24,33H,1,10,12-15,18,20H2,2-3H3/b9-8+/t24-,27-,28-/m0/s1. The highest BCUT2D eigenvalue weighted by Gasteiger charge is 2.58. The van der Waals surface area contributed by atoms with Crippen molar-refractivity contribution in [3.05, 3.63) is 72.7 Å². The van der Waals surface area contributed by atoms with E-state index in [1.165, 1.54) is 6.92 Å². The van der Waals surface area contributed by atoms with Gasteiger partial charge in [-0.25, -0.2) is 0 Å². The van der Waals surface area contributed by atoms with Crippen molar-refractivity contribution in [2.75, 3.05) is 26.7 Å². The molecule has 1 amide bonds. The van der Waals surface area contributed by atoms with Crippen LogP contribution in [0.3, 0.4) is 0 Å². The number of piperidine rings is 1. The minimum absolute atomic E-state index is 0.0416. The van der Waals surface area contributed by atoms with E-state index in [-0.39, 0.29) is 17.9 Å². The van der Waals surface area contributed by atoms with E-state index < -0.39 is 11.0 Å². The Bertz CT molecular complexity index is 1090. The van der Waals surface area contributed by atoms with Crippen molar-refractivity contribution in [3.63, 3.8) is 0 Å². The monoisotopic (exact) mass is 478 g/mol. The summed E-state index contributed by atoms with van der Waals surface area (Å²) in [4.78, 5) is 28.6. The number of amides is 1. The number of esters is 1. The number of carbonyl (C=O) groups excluding carboxylic acids is 2. The number of fused-ring (bicyclic) bond motifs is 1. The molecule has 4 rings (SSSR count). The number of hydrogen-bond acceptors (Lipinski definition) is 6. The first-order chi connectivity index (χ1) is 16.8. The summed E-state index contributed by atoms with van der Waals surface area (Å²) in [5.74, 6) is -0.00336. The van der Waals surface area contributed by atoms with Gasteiger partial charge in [-0.05, 0) is 62.1 Å². The number of likely N-dealkylation sites (N-methyl/N-ethyl adjacent to an activating group) is 1. The zero-order chi connectivity index (χ0) is 25.1. The number of ether oxygens (including phenoxy) is 1. The Morgan fingerprint density at radius 2 is 2.17 bits per heavy atom. The lowest BCUT2D eigenvalue weighted by Gasteiger charge is -2.59. The van der Waals surface area contributed by atoms with Gasteiger partial charge in [-0.3, -0.25) is 14.5 Å². The van der Waals surface area contributed by atoms with Crippen LogP contribution in [-0.2, 0) is 15.0 Å². The average Bonchev–Trinajstić information content (AvgIpc) is 3.35. The molecule has 1 saturated heterocycles. The summed E-state index contributed by atoms with van der Waals surface area (Å²) in [6.45, 7) is 7.28. The van der Waals surface area contributed by atoms with Crippen molar-refractivity contribution < 1.29 is 23.8 Å². The van der Waals surface area contributed by atoms with Crippen LogP contribution in [0.1, 0.15) is 43.7 Å². The van der Waals surface area contributed by atoms with Crippen molar-refractivity contribution in [1.29, 1.82) is 0 Å². The number of rotatable bonds is 7. The number of hydrogen-bond donors (Lipinski definition) is 1. The van der Waals surface area contributed by atoms with Crippen molar-refractivity contribution in [3.8, 4) is 5.75 Å². The van der Waals surface area contributed by atoms with E-state index in [0.717, 1.165) is 24.1 Å². The molecule has 2 heterocycles. The van der Waals surface area contributed by atoms with E-state index in [2.05, 4.69) is 11.5 Å². The van der Waals surface area contributed by atoms with Gasteiger partial charge in [-0.2, -0.15) is 0 Å². The fourth-order valence-electron chi connectivity index (χ4n) is 5.76. The fourth-order valence-corrected chi connectivity index (χ4v) is 5.76. The number of aliphatic hydroxyl groups is 1. The van der Waals surface area contributed by atoms with Gasteiger partial charge >= 0.3 is 5.97 Å². The van der Waals surface area contributed by atoms with Crippen LogP contribution in [0.2, 0.25) is 0 Å². The minimum Gasteiger partial charge on any atom is -0.472 e. The number of carbonyl (C=O) groups is 2. The largest absolute Gasteiger partial charge is 0.472 e. The summed E-state index contributed by atoms with van der Waals surface area (Å²) >= 11 is 0. The van der Waals surface area contributed by atoms with Crippen molar-refractivity contribution in [1.82, 2.24) is 9.80 Å². The molecule has 7 heteroatoms. The van der Waals surface area contributed by atoms with Crippen molar-refractivity contribution in [2.24, 2.45) is 0 Å². The van der Waals surface area contributed by atoms with E-state index in [0.29, 0.717) is 38.1 Å². The predicted molar refractivity (Wildman–Crippen MR) is 134 cm³/mol. The Hall–Kier alpha value is -3.16. The van der Waals surface area contributed by atoms with Gasteiger partial charge in [0.15, 0.2) is 0 Å². The van der Waals surface area contributed by atoms with Crippen LogP contribution in [-0.4, -0.2) is 65.1 Å². The van der Waals surface area contributed by atoms with Gasteiger partial charge in [-0.15, -0.1) is 6.58 Å². The van der Waals surface area contributed by atoms with Gasteiger partial charge in [0.2, 0.25) is 5.91 Å². The third-order valence-corrected chi connectivity index (χ3v) is 7.60. The van der Waals surface area contributed by atoms with Crippen molar-refractivity contribution in [2.45, 2.75) is 49.7 Å². The number of furan rings is 1. The molecule has 1 N–H and O–H groups in total. The summed E-state index contributed by atoms with van der Waals surface area (Å²) in [6.07, 6.45) is 10.9. The Balaban J connectivity index is 1.64. The van der Waals surface area contributed by atoms with Crippen molar-refractivity contribution >= 4 is 18.0 Å². The quantitative estimate of drug-likeness (QED) is 0.282. The minimum atomic E-state index is -0.976. The maximum absolute atomic E-state index is 13.0. The molecule has 3 atom stereocenters. The third-order valence-electron chi connectivity index (χ3n) is 7.60. The van der Waals surface area contributed by atoms with Crippen LogP contribution in [0.15, 0.2) is 66.0 Å². The molecular formula is C28H34N2O5. The zero-order valence-corrected chi connectivity index (χ0v) is 20.5. The Labute approximate surface area is 206 Å². The van der Waals surface area contributed by atoms with E-state index >= 15 is 0 Å². The Morgan fingerprint density at radius 1 is 1.34 bits per heavy atom. The molecule has 186 valence electrons. The maximum Gasteiger partial charge on any atom is 0.308 e. The highest BCUT2D eigenvalue weighted by molar-refractivity contribution is 5.91. The highest BCUT2D eigenvalue weighted by Crippen LogP contribution is 2.52. The van der Waals surface area contributed by atoms with Crippen LogP contribution in [0.4, 0.5) is 0 Å². The first kappa shape index (κ1) is 24.9. The van der Waals surface area contributed by atoms with Gasteiger partial charge in [-0.1, -0.05) is 18.2 Å². The second-order valence-electron chi connectivity index (χ2n) is 9.74. The highest BCUT2D eigenvalue weighted by atomic mass is 16.5. The summed E-state index contributed by atoms with van der Waals surface area (Å²) in [6, 6.07) is 9.25. The Kier molecular flexibility index (Phi) is 7.28. The lowest BCUT2D eigenvalue weighted by molar-refractivity contribution is -0.143. The average molecular weight is 479 g/mol. The normalized spacial score (nSPS) is 26.8. The smallest absolute Gasteiger partial charge is 0.308 e.